The molecule has 3 aromatic heterocycles. The Morgan fingerprint density at radius 2 is 2.03 bits per heavy atom. The van der Waals surface area contributed by atoms with E-state index in [2.05, 4.69) is 35.9 Å². The zero-order valence-electron chi connectivity index (χ0n) is 19.1. The number of carbonyl (C=O) groups is 1. The average Bonchev–Trinajstić information content (AvgIpc) is 3.20. The van der Waals surface area contributed by atoms with Crippen molar-refractivity contribution in [1.29, 1.82) is 0 Å². The largest absolute Gasteiger partial charge is 0.612 e. The molecule has 0 spiro atoms. The van der Waals surface area contributed by atoms with Gasteiger partial charge in [0.2, 0.25) is 11.8 Å². The highest BCUT2D eigenvalue weighted by atomic mass is 32.2. The fraction of sp³-hybridized carbons (Fsp3) is 0.217. The van der Waals surface area contributed by atoms with Crippen molar-refractivity contribution < 1.29 is 13.7 Å². The molecule has 0 radical (unpaired) electrons. The number of anilines is 3. The van der Waals surface area contributed by atoms with Gasteiger partial charge in [0.15, 0.2) is 10.7 Å². The van der Waals surface area contributed by atoms with Crippen LogP contribution in [-0.2, 0) is 11.2 Å². The Hall–Kier alpha value is -3.70. The molecule has 2 amide bonds. The van der Waals surface area contributed by atoms with E-state index in [0.29, 0.717) is 17.0 Å². The van der Waals surface area contributed by atoms with Crippen LogP contribution in [0.5, 0.6) is 0 Å². The summed E-state index contributed by atoms with van der Waals surface area (Å²) in [6, 6.07) is 6.08. The molecule has 1 atom stereocenters. The van der Waals surface area contributed by atoms with E-state index in [9.17, 15) is 13.7 Å². The summed E-state index contributed by atoms with van der Waals surface area (Å²) >= 11 is -1.47. The molecule has 4 N–H and O–H groups in total. The molecule has 0 aliphatic rings. The number of hydrogen-bond acceptors (Lipinski definition) is 6. The monoisotopic (exact) mass is 481 g/mol. The number of nitrogens with one attached hydrogen (secondary N) is 4. The van der Waals surface area contributed by atoms with Gasteiger partial charge in [-0.2, -0.15) is 4.39 Å². The molecule has 0 fully saturated rings. The minimum absolute atomic E-state index is 0.0177. The fourth-order valence-corrected chi connectivity index (χ4v) is 4.11. The van der Waals surface area contributed by atoms with Gasteiger partial charge in [0, 0.05) is 35.6 Å². The van der Waals surface area contributed by atoms with E-state index in [0.717, 1.165) is 16.5 Å². The second-order valence-electron chi connectivity index (χ2n) is 7.96. The van der Waals surface area contributed by atoms with Crippen molar-refractivity contribution in [2.24, 2.45) is 0 Å². The summed E-state index contributed by atoms with van der Waals surface area (Å²) in [5, 5.41) is 9.21. The highest BCUT2D eigenvalue weighted by Gasteiger charge is 2.18. The third kappa shape index (κ3) is 4.80. The highest BCUT2D eigenvalue weighted by molar-refractivity contribution is 7.90. The zero-order chi connectivity index (χ0) is 24.4. The van der Waals surface area contributed by atoms with Crippen LogP contribution in [0.1, 0.15) is 19.4 Å². The lowest BCUT2D eigenvalue weighted by Gasteiger charge is -2.12. The molecular weight excluding hydrogens is 457 g/mol. The number of carbonyl (C=O) groups excluding carboxylic acids is 1. The third-order valence-corrected chi connectivity index (χ3v) is 5.93. The average molecular weight is 482 g/mol. The molecule has 176 valence electrons. The van der Waals surface area contributed by atoms with Crippen molar-refractivity contribution in [3.8, 4) is 11.3 Å². The van der Waals surface area contributed by atoms with Crippen molar-refractivity contribution in [2.45, 2.75) is 31.7 Å². The normalized spacial score (nSPS) is 12.1. The number of amides is 2. The van der Waals surface area contributed by atoms with E-state index in [4.69, 9.17) is 0 Å². The Bertz CT molecular complexity index is 1360. The first-order valence-corrected chi connectivity index (χ1v) is 12.1. The SMILES string of the molecule is Cc1cnc(Nc2cccc([S+](C)[O-])c2F)nc1-c1c[nH]c2c(NC(=O)NC(C)C)nccc12. The molecule has 9 nitrogen and oxygen atoms in total. The number of aryl methyl sites for hydroxylation is 1. The van der Waals surface area contributed by atoms with Crippen molar-refractivity contribution in [3.63, 3.8) is 0 Å². The molecule has 1 unspecified atom stereocenters. The summed E-state index contributed by atoms with van der Waals surface area (Å²) in [6.07, 6.45) is 6.44. The summed E-state index contributed by atoms with van der Waals surface area (Å²) in [7, 11) is 0. The maximum atomic E-state index is 14.7. The van der Waals surface area contributed by atoms with Crippen LogP contribution in [0.4, 0.5) is 26.6 Å². The summed E-state index contributed by atoms with van der Waals surface area (Å²) in [6.45, 7) is 5.61. The first-order valence-electron chi connectivity index (χ1n) is 10.5. The van der Waals surface area contributed by atoms with E-state index < -0.39 is 17.0 Å². The molecule has 3 heterocycles. The van der Waals surface area contributed by atoms with Gasteiger partial charge in [-0.25, -0.2) is 19.7 Å². The standard InChI is InChI=1S/C23H24FN7O2S/c1-12(2)28-23(32)31-21-20-14(8-9-25-21)15(11-26-20)19-13(3)10-27-22(30-19)29-16-6-5-7-17(18(16)24)34(4)33/h5-12,26H,1-4H3,(H,27,29,30)(H2,25,28,31,32). The van der Waals surface area contributed by atoms with E-state index >= 15 is 0 Å². The number of H-pyrrole nitrogens is 1. The summed E-state index contributed by atoms with van der Waals surface area (Å²) in [4.78, 5) is 28.6. The van der Waals surface area contributed by atoms with Gasteiger partial charge in [-0.05, 0) is 55.7 Å². The molecule has 0 saturated carbocycles. The summed E-state index contributed by atoms with van der Waals surface area (Å²) in [5.74, 6) is -0.0300. The Morgan fingerprint density at radius 3 is 2.76 bits per heavy atom. The highest BCUT2D eigenvalue weighted by Crippen LogP contribution is 2.33. The first kappa shape index (κ1) is 23.5. The minimum atomic E-state index is -1.47. The topological polar surface area (TPSA) is 131 Å². The van der Waals surface area contributed by atoms with E-state index in [-0.39, 0.29) is 28.6 Å². The predicted molar refractivity (Wildman–Crippen MR) is 131 cm³/mol. The Morgan fingerprint density at radius 1 is 1.24 bits per heavy atom. The Balaban J connectivity index is 1.69. The molecule has 0 bridgehead atoms. The number of urea groups is 1. The lowest BCUT2D eigenvalue weighted by molar-refractivity contribution is 0.250. The second-order valence-corrected chi connectivity index (χ2v) is 9.31. The Labute approximate surface area is 198 Å². The number of aromatic nitrogens is 4. The van der Waals surface area contributed by atoms with Crippen molar-refractivity contribution >= 4 is 45.6 Å². The first-order chi connectivity index (χ1) is 16.2. The van der Waals surface area contributed by atoms with Crippen molar-refractivity contribution in [3.05, 3.63) is 54.2 Å². The zero-order valence-corrected chi connectivity index (χ0v) is 19.9. The van der Waals surface area contributed by atoms with Crippen LogP contribution in [0, 0.1) is 12.7 Å². The smallest absolute Gasteiger partial charge is 0.320 e. The fourth-order valence-electron chi connectivity index (χ4n) is 3.48. The molecule has 11 heteroatoms. The molecule has 0 saturated heterocycles. The van der Waals surface area contributed by atoms with E-state index in [1.54, 1.807) is 24.7 Å². The number of nitrogens with zero attached hydrogens (tertiary/aromatic N) is 3. The number of fused-ring (bicyclic) bond motifs is 1. The number of benzene rings is 1. The van der Waals surface area contributed by atoms with Gasteiger partial charge in [-0.1, -0.05) is 6.07 Å². The molecular formula is C23H24FN7O2S. The van der Waals surface area contributed by atoms with Crippen LogP contribution >= 0.6 is 0 Å². The van der Waals surface area contributed by atoms with Gasteiger partial charge in [-0.15, -0.1) is 0 Å². The molecule has 0 aliphatic carbocycles. The number of aromatic amines is 1. The molecule has 4 rings (SSSR count). The van der Waals surface area contributed by atoms with Gasteiger partial charge < -0.3 is 20.2 Å². The van der Waals surface area contributed by atoms with Crippen LogP contribution in [0.2, 0.25) is 0 Å². The van der Waals surface area contributed by atoms with Gasteiger partial charge in [0.1, 0.15) is 6.26 Å². The number of halogens is 1. The van der Waals surface area contributed by atoms with E-state index in [1.807, 2.05) is 26.8 Å². The Kier molecular flexibility index (Phi) is 6.66. The van der Waals surface area contributed by atoms with Crippen LogP contribution in [0.15, 0.2) is 47.8 Å². The van der Waals surface area contributed by atoms with Crippen LogP contribution in [0.3, 0.4) is 0 Å². The molecule has 34 heavy (non-hydrogen) atoms. The summed E-state index contributed by atoms with van der Waals surface area (Å²) in [5.41, 5.74) is 2.99. The molecule has 4 aromatic rings. The molecule has 1 aromatic carbocycles. The predicted octanol–water partition coefficient (Wildman–Crippen LogP) is 4.48. The lowest BCUT2D eigenvalue weighted by Crippen LogP contribution is -2.34. The maximum absolute atomic E-state index is 14.7. The van der Waals surface area contributed by atoms with Gasteiger partial charge in [0.05, 0.1) is 16.9 Å². The van der Waals surface area contributed by atoms with Crippen LogP contribution in [-0.4, -0.2) is 42.8 Å². The van der Waals surface area contributed by atoms with E-state index in [1.165, 1.54) is 18.4 Å². The van der Waals surface area contributed by atoms with Crippen molar-refractivity contribution in [1.82, 2.24) is 25.3 Å². The van der Waals surface area contributed by atoms with Crippen LogP contribution in [0.25, 0.3) is 22.2 Å². The maximum Gasteiger partial charge on any atom is 0.320 e. The number of rotatable bonds is 6. The van der Waals surface area contributed by atoms with Crippen molar-refractivity contribution in [2.75, 3.05) is 16.9 Å². The number of hydrogen-bond donors (Lipinski definition) is 4. The van der Waals surface area contributed by atoms with Gasteiger partial charge in [0.25, 0.3) is 0 Å². The lowest BCUT2D eigenvalue weighted by atomic mass is 10.1. The molecule has 0 aliphatic heterocycles. The minimum Gasteiger partial charge on any atom is -0.612 e. The van der Waals surface area contributed by atoms with Gasteiger partial charge >= 0.3 is 6.03 Å². The second kappa shape index (κ2) is 9.65. The van der Waals surface area contributed by atoms with Gasteiger partial charge in [-0.3, -0.25) is 5.32 Å². The van der Waals surface area contributed by atoms with Crippen LogP contribution < -0.4 is 16.0 Å². The quantitative estimate of drug-likeness (QED) is 0.300. The number of pyridine rings is 1. The summed E-state index contributed by atoms with van der Waals surface area (Å²) < 4.78 is 26.5. The third-order valence-electron chi connectivity index (χ3n) is 5.00.